The summed E-state index contributed by atoms with van der Waals surface area (Å²) in [4.78, 5) is 12.1. The lowest BCUT2D eigenvalue weighted by Gasteiger charge is -2.14. The number of rotatable bonds is 7. The van der Waals surface area contributed by atoms with Crippen molar-refractivity contribution < 1.29 is 19.0 Å². The van der Waals surface area contributed by atoms with Gasteiger partial charge in [0.2, 0.25) is 0 Å². The molecular formula is C26H22O4. The van der Waals surface area contributed by atoms with E-state index >= 15 is 0 Å². The molecule has 0 unspecified atom stereocenters. The minimum atomic E-state index is -0.446. The summed E-state index contributed by atoms with van der Waals surface area (Å²) in [5, 5.41) is 2.33. The molecule has 0 bridgehead atoms. The minimum Gasteiger partial charge on any atom is -0.489 e. The molecule has 0 aliphatic rings. The van der Waals surface area contributed by atoms with Gasteiger partial charge in [0.15, 0.2) is 0 Å². The fraction of sp³-hybridized carbons (Fsp3) is 0.115. The topological polar surface area (TPSA) is 44.8 Å². The number of methoxy groups -OCH3 is 1. The van der Waals surface area contributed by atoms with Crippen molar-refractivity contribution in [2.75, 3.05) is 7.11 Å². The lowest BCUT2D eigenvalue weighted by molar-refractivity contribution is 0.0595. The zero-order valence-corrected chi connectivity index (χ0v) is 16.7. The van der Waals surface area contributed by atoms with Gasteiger partial charge in [-0.05, 0) is 34.0 Å². The minimum absolute atomic E-state index is 0.345. The van der Waals surface area contributed by atoms with Gasteiger partial charge in [0.25, 0.3) is 0 Å². The largest absolute Gasteiger partial charge is 0.489 e. The first-order valence-electron chi connectivity index (χ1n) is 9.73. The second-order valence-corrected chi connectivity index (χ2v) is 6.85. The maximum absolute atomic E-state index is 12.1. The first-order chi connectivity index (χ1) is 14.7. The van der Waals surface area contributed by atoms with Crippen molar-refractivity contribution in [2.45, 2.75) is 13.2 Å². The molecule has 0 radical (unpaired) electrons. The normalized spacial score (nSPS) is 10.6. The predicted molar refractivity (Wildman–Crippen MR) is 117 cm³/mol. The van der Waals surface area contributed by atoms with Crippen LogP contribution in [0, 0.1) is 0 Å². The molecular weight excluding hydrogens is 376 g/mol. The lowest BCUT2D eigenvalue weighted by Crippen LogP contribution is -2.06. The first kappa shape index (κ1) is 19.5. The van der Waals surface area contributed by atoms with Crippen LogP contribution in [0.3, 0.4) is 0 Å². The second-order valence-electron chi connectivity index (χ2n) is 6.85. The van der Waals surface area contributed by atoms with Crippen LogP contribution < -0.4 is 9.47 Å². The molecule has 0 aromatic heterocycles. The van der Waals surface area contributed by atoms with E-state index in [1.165, 1.54) is 12.5 Å². The molecule has 4 aromatic carbocycles. The van der Waals surface area contributed by atoms with Gasteiger partial charge in [-0.25, -0.2) is 4.79 Å². The molecule has 0 saturated heterocycles. The Morgan fingerprint density at radius 2 is 1.53 bits per heavy atom. The van der Waals surface area contributed by atoms with Gasteiger partial charge < -0.3 is 14.2 Å². The van der Waals surface area contributed by atoms with Crippen molar-refractivity contribution in [3.63, 3.8) is 0 Å². The number of esters is 1. The number of ether oxygens (including phenoxy) is 3. The van der Waals surface area contributed by atoms with Crippen molar-refractivity contribution in [3.8, 4) is 11.5 Å². The van der Waals surface area contributed by atoms with Crippen LogP contribution in [-0.4, -0.2) is 13.1 Å². The Balaban J connectivity index is 1.55. The van der Waals surface area contributed by atoms with Crippen LogP contribution in [0.5, 0.6) is 11.5 Å². The summed E-state index contributed by atoms with van der Waals surface area (Å²) in [5.74, 6) is 0.610. The van der Waals surface area contributed by atoms with Gasteiger partial charge in [-0.1, -0.05) is 72.8 Å². The Morgan fingerprint density at radius 3 is 2.37 bits per heavy atom. The molecule has 4 rings (SSSR count). The van der Waals surface area contributed by atoms with Crippen molar-refractivity contribution >= 4 is 16.7 Å². The summed E-state index contributed by atoms with van der Waals surface area (Å²) in [5.41, 5.74) is 2.47. The zero-order chi connectivity index (χ0) is 20.8. The summed E-state index contributed by atoms with van der Waals surface area (Å²) < 4.78 is 16.8. The number of fused-ring (bicyclic) bond motifs is 1. The third-order valence-corrected chi connectivity index (χ3v) is 4.87. The number of carbonyl (C=O) groups excluding carboxylic acids is 1. The summed E-state index contributed by atoms with van der Waals surface area (Å²) in [6.45, 7) is 0.759. The standard InChI is InChI=1S/C26H22O4/c1-28-26(27)24-15-14-22(16-25(24)30-17-19-8-3-2-4-9-19)29-18-21-12-7-11-20-10-5-6-13-23(20)21/h2-16H,17-18H2,1H3. The Kier molecular flexibility index (Phi) is 5.95. The van der Waals surface area contributed by atoms with Crippen LogP contribution in [0.2, 0.25) is 0 Å². The number of hydrogen-bond acceptors (Lipinski definition) is 4. The maximum atomic E-state index is 12.1. The molecule has 0 spiro atoms. The van der Waals surface area contributed by atoms with Gasteiger partial charge in [0, 0.05) is 6.07 Å². The van der Waals surface area contributed by atoms with Crippen LogP contribution in [0.1, 0.15) is 21.5 Å². The summed E-state index contributed by atoms with van der Waals surface area (Å²) >= 11 is 0. The highest BCUT2D eigenvalue weighted by Crippen LogP contribution is 2.28. The van der Waals surface area contributed by atoms with E-state index in [-0.39, 0.29) is 0 Å². The van der Waals surface area contributed by atoms with E-state index < -0.39 is 5.97 Å². The fourth-order valence-corrected chi connectivity index (χ4v) is 3.31. The van der Waals surface area contributed by atoms with E-state index in [1.807, 2.05) is 48.5 Å². The molecule has 0 N–H and O–H groups in total. The highest BCUT2D eigenvalue weighted by Gasteiger charge is 2.15. The van der Waals surface area contributed by atoms with Crippen molar-refractivity contribution in [1.29, 1.82) is 0 Å². The summed E-state index contributed by atoms with van der Waals surface area (Å²) in [7, 11) is 1.36. The third kappa shape index (κ3) is 4.44. The van der Waals surface area contributed by atoms with E-state index in [9.17, 15) is 4.79 Å². The molecule has 0 amide bonds. The second kappa shape index (κ2) is 9.14. The Hall–Kier alpha value is -3.79. The van der Waals surface area contributed by atoms with Gasteiger partial charge in [-0.2, -0.15) is 0 Å². The number of carbonyl (C=O) groups is 1. The fourth-order valence-electron chi connectivity index (χ4n) is 3.31. The van der Waals surface area contributed by atoms with E-state index in [4.69, 9.17) is 14.2 Å². The van der Waals surface area contributed by atoms with Gasteiger partial charge in [0.1, 0.15) is 30.3 Å². The quantitative estimate of drug-likeness (QED) is 0.370. The number of benzene rings is 4. The highest BCUT2D eigenvalue weighted by molar-refractivity contribution is 5.92. The van der Waals surface area contributed by atoms with E-state index in [2.05, 4.69) is 24.3 Å². The molecule has 4 aromatic rings. The lowest BCUT2D eigenvalue weighted by atomic mass is 10.1. The summed E-state index contributed by atoms with van der Waals surface area (Å²) in [6.07, 6.45) is 0. The Labute approximate surface area is 175 Å². The van der Waals surface area contributed by atoms with Gasteiger partial charge in [0.05, 0.1) is 7.11 Å². The van der Waals surface area contributed by atoms with E-state index in [0.717, 1.165) is 16.5 Å². The van der Waals surface area contributed by atoms with E-state index in [1.54, 1.807) is 18.2 Å². The van der Waals surface area contributed by atoms with Gasteiger partial charge in [-0.15, -0.1) is 0 Å². The van der Waals surface area contributed by atoms with Crippen molar-refractivity contribution in [3.05, 3.63) is 108 Å². The van der Waals surface area contributed by atoms with Crippen molar-refractivity contribution in [1.82, 2.24) is 0 Å². The monoisotopic (exact) mass is 398 g/mol. The summed E-state index contributed by atoms with van der Waals surface area (Å²) in [6, 6.07) is 29.3. The van der Waals surface area contributed by atoms with Crippen LogP contribution in [0.25, 0.3) is 10.8 Å². The smallest absolute Gasteiger partial charge is 0.341 e. The molecule has 0 heterocycles. The Morgan fingerprint density at radius 1 is 0.767 bits per heavy atom. The molecule has 0 aliphatic carbocycles. The predicted octanol–water partition coefficient (Wildman–Crippen LogP) is 5.78. The maximum Gasteiger partial charge on any atom is 0.341 e. The average Bonchev–Trinajstić information content (AvgIpc) is 2.81. The average molecular weight is 398 g/mol. The number of hydrogen-bond donors (Lipinski definition) is 0. The SMILES string of the molecule is COC(=O)c1ccc(OCc2cccc3ccccc23)cc1OCc1ccccc1. The zero-order valence-electron chi connectivity index (χ0n) is 16.7. The molecule has 4 heteroatoms. The third-order valence-electron chi connectivity index (χ3n) is 4.87. The van der Waals surface area contributed by atoms with Gasteiger partial charge in [-0.3, -0.25) is 0 Å². The molecule has 0 saturated carbocycles. The highest BCUT2D eigenvalue weighted by atomic mass is 16.5. The van der Waals surface area contributed by atoms with Crippen LogP contribution in [-0.2, 0) is 18.0 Å². The molecule has 150 valence electrons. The van der Waals surface area contributed by atoms with Crippen LogP contribution >= 0.6 is 0 Å². The first-order valence-corrected chi connectivity index (χ1v) is 9.73. The Bertz CT molecular complexity index is 1150. The molecule has 0 atom stereocenters. The van der Waals surface area contributed by atoms with E-state index in [0.29, 0.717) is 30.3 Å². The van der Waals surface area contributed by atoms with Crippen molar-refractivity contribution in [2.24, 2.45) is 0 Å². The molecule has 4 nitrogen and oxygen atoms in total. The van der Waals surface area contributed by atoms with Crippen LogP contribution in [0.4, 0.5) is 0 Å². The molecule has 30 heavy (non-hydrogen) atoms. The van der Waals surface area contributed by atoms with Crippen LogP contribution in [0.15, 0.2) is 91.0 Å². The molecule has 0 fully saturated rings. The van der Waals surface area contributed by atoms with Gasteiger partial charge >= 0.3 is 5.97 Å². The molecule has 0 aliphatic heterocycles.